The van der Waals surface area contributed by atoms with Gasteiger partial charge in [0.2, 0.25) is 0 Å². The van der Waals surface area contributed by atoms with Gasteiger partial charge in [0, 0.05) is 18.3 Å². The van der Waals surface area contributed by atoms with Crippen molar-refractivity contribution in [2.45, 2.75) is 19.4 Å². The number of anilines is 2. The number of carbonyl (C=O) groups excluding carboxylic acids is 1. The Hall–Kier alpha value is -2.99. The molecule has 1 atom stereocenters. The number of rotatable bonds is 5. The molecule has 3 rings (SSSR count). The van der Waals surface area contributed by atoms with Gasteiger partial charge in [-0.05, 0) is 49.7 Å². The van der Waals surface area contributed by atoms with E-state index in [1.54, 1.807) is 36.4 Å². The molecule has 1 fully saturated rings. The van der Waals surface area contributed by atoms with Gasteiger partial charge in [0.05, 0.1) is 23.1 Å². The average Bonchev–Trinajstić information content (AvgIpc) is 3.03. The van der Waals surface area contributed by atoms with Crippen molar-refractivity contribution in [3.63, 3.8) is 0 Å². The van der Waals surface area contributed by atoms with E-state index < -0.39 is 15.7 Å². The fraction of sp³-hybridized carbons (Fsp3) is 0.333. The number of nitriles is 1. The molecule has 1 unspecified atom stereocenters. The molecular weight excluding hydrogens is 366 g/mol. The molecule has 1 amide bonds. The van der Waals surface area contributed by atoms with E-state index >= 15 is 0 Å². The molecule has 1 aliphatic heterocycles. The number of aromatic nitrogens is 2. The average molecular weight is 385 g/mol. The van der Waals surface area contributed by atoms with Gasteiger partial charge in [-0.3, -0.25) is 4.79 Å². The van der Waals surface area contributed by atoms with Crippen molar-refractivity contribution in [2.24, 2.45) is 0 Å². The molecule has 1 saturated heterocycles. The minimum atomic E-state index is -2.99. The van der Waals surface area contributed by atoms with Crippen molar-refractivity contribution >= 4 is 27.2 Å². The van der Waals surface area contributed by atoms with Gasteiger partial charge in [0.1, 0.15) is 0 Å². The van der Waals surface area contributed by atoms with Crippen molar-refractivity contribution in [1.82, 2.24) is 10.2 Å². The molecule has 2 aromatic rings. The Labute approximate surface area is 157 Å². The molecule has 1 N–H and O–H groups in total. The molecule has 0 bridgehead atoms. The number of sulfone groups is 1. The van der Waals surface area contributed by atoms with Crippen LogP contribution in [0.2, 0.25) is 0 Å². The summed E-state index contributed by atoms with van der Waals surface area (Å²) in [5.41, 5.74) is 1.21. The molecule has 140 valence electrons. The fourth-order valence-electron chi connectivity index (χ4n) is 3.05. The largest absolute Gasteiger partial charge is 0.351 e. The van der Waals surface area contributed by atoms with Crippen LogP contribution in [-0.2, 0) is 9.84 Å². The molecule has 0 spiro atoms. The maximum atomic E-state index is 12.3. The third-order valence-electron chi connectivity index (χ3n) is 4.44. The molecule has 2 heterocycles. The summed E-state index contributed by atoms with van der Waals surface area (Å²) in [6, 6.07) is 11.6. The van der Waals surface area contributed by atoms with Crippen molar-refractivity contribution in [3.05, 3.63) is 47.7 Å². The maximum absolute atomic E-state index is 12.3. The lowest BCUT2D eigenvalue weighted by Crippen LogP contribution is -2.37. The zero-order chi connectivity index (χ0) is 19.4. The van der Waals surface area contributed by atoms with Crippen LogP contribution in [-0.4, -0.2) is 48.6 Å². The highest BCUT2D eigenvalue weighted by Crippen LogP contribution is 2.22. The van der Waals surface area contributed by atoms with E-state index in [9.17, 15) is 13.2 Å². The van der Waals surface area contributed by atoms with Gasteiger partial charge < -0.3 is 10.2 Å². The lowest BCUT2D eigenvalue weighted by Gasteiger charge is -2.27. The van der Waals surface area contributed by atoms with E-state index in [4.69, 9.17) is 5.26 Å². The van der Waals surface area contributed by atoms with Crippen molar-refractivity contribution in [1.29, 1.82) is 5.26 Å². The second kappa shape index (κ2) is 7.72. The van der Waals surface area contributed by atoms with Crippen LogP contribution in [0.25, 0.3) is 0 Å². The fourth-order valence-corrected chi connectivity index (χ4v) is 4.78. The molecule has 0 radical (unpaired) electrons. The van der Waals surface area contributed by atoms with Crippen LogP contribution in [0.4, 0.5) is 11.5 Å². The molecule has 1 aromatic heterocycles. The molecule has 27 heavy (non-hydrogen) atoms. The number of nitrogens with zero attached hydrogens (tertiary/aromatic N) is 4. The minimum absolute atomic E-state index is 0.115. The van der Waals surface area contributed by atoms with E-state index in [1.165, 1.54) is 0 Å². The Bertz CT molecular complexity index is 966. The molecule has 8 nitrogen and oxygen atoms in total. The van der Waals surface area contributed by atoms with Crippen LogP contribution in [0.15, 0.2) is 36.4 Å². The third kappa shape index (κ3) is 4.41. The first-order chi connectivity index (χ1) is 12.9. The number of benzene rings is 1. The summed E-state index contributed by atoms with van der Waals surface area (Å²) in [7, 11) is -2.99. The van der Waals surface area contributed by atoms with E-state index in [-0.39, 0.29) is 23.2 Å². The summed E-state index contributed by atoms with van der Waals surface area (Å²) in [4.78, 5) is 14.2. The molecule has 1 aliphatic rings. The summed E-state index contributed by atoms with van der Waals surface area (Å²) >= 11 is 0. The number of hydrogen-bond donors (Lipinski definition) is 1. The predicted octanol–water partition coefficient (Wildman–Crippen LogP) is 1.61. The van der Waals surface area contributed by atoms with Crippen LogP contribution in [0.1, 0.15) is 29.4 Å². The molecule has 0 saturated carbocycles. The van der Waals surface area contributed by atoms with Crippen LogP contribution >= 0.6 is 0 Å². The normalized spacial score (nSPS) is 17.9. The Morgan fingerprint density at radius 3 is 2.52 bits per heavy atom. The van der Waals surface area contributed by atoms with E-state index in [1.807, 2.05) is 17.9 Å². The first-order valence-corrected chi connectivity index (χ1v) is 10.4. The highest BCUT2D eigenvalue weighted by Gasteiger charge is 2.32. The van der Waals surface area contributed by atoms with Gasteiger partial charge in [-0.2, -0.15) is 5.26 Å². The topological polar surface area (TPSA) is 116 Å². The van der Waals surface area contributed by atoms with Gasteiger partial charge in [-0.25, -0.2) is 8.42 Å². The number of carbonyl (C=O) groups is 1. The van der Waals surface area contributed by atoms with Crippen LogP contribution in [0.5, 0.6) is 0 Å². The van der Waals surface area contributed by atoms with Gasteiger partial charge in [-0.15, -0.1) is 10.2 Å². The third-order valence-corrected chi connectivity index (χ3v) is 6.19. The molecular formula is C18H19N5O3S. The number of hydrogen-bond acceptors (Lipinski definition) is 7. The van der Waals surface area contributed by atoms with Gasteiger partial charge >= 0.3 is 0 Å². The van der Waals surface area contributed by atoms with Crippen molar-refractivity contribution in [3.8, 4) is 6.07 Å². The van der Waals surface area contributed by atoms with Gasteiger partial charge in [-0.1, -0.05) is 0 Å². The van der Waals surface area contributed by atoms with E-state index in [2.05, 4.69) is 15.5 Å². The second-order valence-electron chi connectivity index (χ2n) is 6.26. The van der Waals surface area contributed by atoms with Gasteiger partial charge in [0.25, 0.3) is 5.91 Å². The molecule has 9 heteroatoms. The lowest BCUT2D eigenvalue weighted by molar-refractivity contribution is 0.102. The second-order valence-corrected chi connectivity index (χ2v) is 8.49. The van der Waals surface area contributed by atoms with Crippen molar-refractivity contribution < 1.29 is 13.2 Å². The zero-order valence-electron chi connectivity index (χ0n) is 14.8. The smallest absolute Gasteiger partial charge is 0.276 e. The minimum Gasteiger partial charge on any atom is -0.351 e. The van der Waals surface area contributed by atoms with E-state index in [0.29, 0.717) is 30.0 Å². The zero-order valence-corrected chi connectivity index (χ0v) is 15.6. The van der Waals surface area contributed by atoms with Crippen LogP contribution in [0.3, 0.4) is 0 Å². The molecule has 1 aromatic carbocycles. The quantitative estimate of drug-likeness (QED) is 0.831. The Balaban J connectivity index is 1.70. The predicted molar refractivity (Wildman–Crippen MR) is 101 cm³/mol. The summed E-state index contributed by atoms with van der Waals surface area (Å²) in [6.45, 7) is 2.53. The summed E-state index contributed by atoms with van der Waals surface area (Å²) < 4.78 is 23.4. The number of nitrogens with one attached hydrogen (secondary N) is 1. The SMILES string of the molecule is CCN(c1ccc(C(=O)Nc2ccc(C#N)cc2)nn1)C1CCS(=O)(=O)C1. The summed E-state index contributed by atoms with van der Waals surface area (Å²) in [6.07, 6.45) is 0.568. The van der Waals surface area contributed by atoms with Crippen molar-refractivity contribution in [2.75, 3.05) is 28.3 Å². The van der Waals surface area contributed by atoms with E-state index in [0.717, 1.165) is 0 Å². The van der Waals surface area contributed by atoms with Crippen LogP contribution < -0.4 is 10.2 Å². The first kappa shape index (κ1) is 18.8. The van der Waals surface area contributed by atoms with Crippen LogP contribution in [0, 0.1) is 11.3 Å². The van der Waals surface area contributed by atoms with Gasteiger partial charge in [0.15, 0.2) is 21.3 Å². The Morgan fingerprint density at radius 1 is 1.26 bits per heavy atom. The highest BCUT2D eigenvalue weighted by atomic mass is 32.2. The monoisotopic (exact) mass is 385 g/mol. The summed E-state index contributed by atoms with van der Waals surface area (Å²) in [5, 5.41) is 19.6. The standard InChI is InChI=1S/C18H19N5O3S/c1-2-23(15-9-10-27(25,26)12-15)17-8-7-16(21-22-17)18(24)20-14-5-3-13(11-19)4-6-14/h3-8,15H,2,9-10,12H2,1H3,(H,20,24). The highest BCUT2D eigenvalue weighted by molar-refractivity contribution is 7.91. The number of amides is 1. The Morgan fingerprint density at radius 2 is 2.00 bits per heavy atom. The summed E-state index contributed by atoms with van der Waals surface area (Å²) in [5.74, 6) is 0.440. The molecule has 0 aliphatic carbocycles. The lowest BCUT2D eigenvalue weighted by atomic mass is 10.2. The first-order valence-electron chi connectivity index (χ1n) is 8.54. The Kier molecular flexibility index (Phi) is 5.37. The maximum Gasteiger partial charge on any atom is 0.276 e.